The third-order valence-electron chi connectivity index (χ3n) is 5.05. The normalized spacial score (nSPS) is 27.6. The van der Waals surface area contributed by atoms with Crippen LogP contribution in [0.5, 0.6) is 11.5 Å². The number of nitrogens with zero attached hydrogens (tertiary/aromatic N) is 1. The quantitative estimate of drug-likeness (QED) is 0.799. The molecule has 23 heavy (non-hydrogen) atoms. The summed E-state index contributed by atoms with van der Waals surface area (Å²) in [4.78, 5) is 0. The minimum absolute atomic E-state index is 0.0387. The van der Waals surface area contributed by atoms with E-state index in [1.807, 2.05) is 24.3 Å². The van der Waals surface area contributed by atoms with Crippen molar-refractivity contribution in [2.45, 2.75) is 50.4 Å². The van der Waals surface area contributed by atoms with Gasteiger partial charge in [0.05, 0.1) is 18.4 Å². The van der Waals surface area contributed by atoms with Crippen molar-refractivity contribution in [2.24, 2.45) is 5.92 Å². The third kappa shape index (κ3) is 3.06. The number of fused-ring (bicyclic) bond motifs is 2. The Labute approximate surface area is 138 Å². The molecule has 2 aliphatic rings. The minimum Gasteiger partial charge on any atom is -0.497 e. The first kappa shape index (κ1) is 16.6. The lowest BCUT2D eigenvalue weighted by atomic mass is 10.0. The molecule has 0 radical (unpaired) electrons. The molecular formula is C17H25NO4S. The van der Waals surface area contributed by atoms with Gasteiger partial charge in [0.15, 0.2) is 0 Å². The summed E-state index contributed by atoms with van der Waals surface area (Å²) in [6.45, 7) is 3.92. The summed E-state index contributed by atoms with van der Waals surface area (Å²) >= 11 is 0. The van der Waals surface area contributed by atoms with Gasteiger partial charge in [-0.05, 0) is 63.3 Å². The topological polar surface area (TPSA) is 55.8 Å². The summed E-state index contributed by atoms with van der Waals surface area (Å²) in [5.41, 5.74) is 0. The number of hydrogen-bond donors (Lipinski definition) is 0. The fraction of sp³-hybridized carbons (Fsp3) is 0.647. The van der Waals surface area contributed by atoms with Gasteiger partial charge in [0.2, 0.25) is 10.0 Å². The Morgan fingerprint density at radius 1 is 1.17 bits per heavy atom. The van der Waals surface area contributed by atoms with Gasteiger partial charge in [-0.25, -0.2) is 8.42 Å². The fourth-order valence-corrected chi connectivity index (χ4v) is 5.46. The molecule has 1 aromatic carbocycles. The molecule has 0 amide bonds. The van der Waals surface area contributed by atoms with Crippen molar-refractivity contribution in [2.75, 3.05) is 13.7 Å². The monoisotopic (exact) mass is 339 g/mol. The second kappa shape index (κ2) is 6.32. The van der Waals surface area contributed by atoms with E-state index in [4.69, 9.17) is 9.47 Å². The summed E-state index contributed by atoms with van der Waals surface area (Å²) in [6, 6.07) is 7.53. The maximum Gasteiger partial charge on any atom is 0.217 e. The van der Waals surface area contributed by atoms with Crippen LogP contribution in [0.1, 0.15) is 33.1 Å². The van der Waals surface area contributed by atoms with Crippen molar-refractivity contribution in [1.82, 2.24) is 4.31 Å². The standard InChI is InChI=1S/C17H25NO4S/c1-12(2)23(19,20)18-14-5-4-13(10-14)17(18)11-22-16-8-6-15(21-3)7-9-16/h6-9,12-14,17H,4-5,10-11H2,1-3H3/t13?,14?,17-/m1/s1. The van der Waals surface area contributed by atoms with Crippen LogP contribution in [0.15, 0.2) is 24.3 Å². The van der Waals surface area contributed by atoms with Gasteiger partial charge in [0, 0.05) is 6.04 Å². The molecular weight excluding hydrogens is 314 g/mol. The number of methoxy groups -OCH3 is 1. The van der Waals surface area contributed by atoms with Crippen LogP contribution >= 0.6 is 0 Å². The van der Waals surface area contributed by atoms with E-state index in [0.29, 0.717) is 12.5 Å². The van der Waals surface area contributed by atoms with Crippen LogP contribution in [-0.2, 0) is 10.0 Å². The van der Waals surface area contributed by atoms with Crippen molar-refractivity contribution in [3.05, 3.63) is 24.3 Å². The van der Waals surface area contributed by atoms with Gasteiger partial charge < -0.3 is 9.47 Å². The highest BCUT2D eigenvalue weighted by Gasteiger charge is 2.51. The van der Waals surface area contributed by atoms with E-state index in [9.17, 15) is 8.42 Å². The molecule has 1 saturated heterocycles. The fourth-order valence-electron chi connectivity index (χ4n) is 3.75. The zero-order chi connectivity index (χ0) is 16.6. The number of sulfonamides is 1. The second-order valence-electron chi connectivity index (χ2n) is 6.70. The molecule has 2 fully saturated rings. The van der Waals surface area contributed by atoms with E-state index >= 15 is 0 Å². The Hall–Kier alpha value is -1.27. The molecule has 2 bridgehead atoms. The molecule has 0 aromatic heterocycles. The van der Waals surface area contributed by atoms with Crippen molar-refractivity contribution >= 4 is 10.0 Å². The average molecular weight is 339 g/mol. The molecule has 1 aliphatic heterocycles. The second-order valence-corrected chi connectivity index (χ2v) is 9.10. The number of piperidine rings is 1. The minimum atomic E-state index is -3.24. The maximum absolute atomic E-state index is 12.7. The Kier molecular flexibility index (Phi) is 4.56. The lowest BCUT2D eigenvalue weighted by Crippen LogP contribution is -2.50. The first-order valence-electron chi connectivity index (χ1n) is 8.22. The number of ether oxygens (including phenoxy) is 2. The van der Waals surface area contributed by atoms with Gasteiger partial charge in [0.1, 0.15) is 18.1 Å². The molecule has 0 spiro atoms. The van der Waals surface area contributed by atoms with Crippen LogP contribution in [0, 0.1) is 5.92 Å². The van der Waals surface area contributed by atoms with Crippen molar-refractivity contribution in [3.8, 4) is 11.5 Å². The van der Waals surface area contributed by atoms with Crippen LogP contribution in [0.25, 0.3) is 0 Å². The Bertz CT molecular complexity index is 641. The summed E-state index contributed by atoms with van der Waals surface area (Å²) in [7, 11) is -1.61. The molecule has 1 aliphatic carbocycles. The van der Waals surface area contributed by atoms with E-state index < -0.39 is 10.0 Å². The zero-order valence-corrected chi connectivity index (χ0v) is 14.8. The molecule has 1 aromatic rings. The van der Waals surface area contributed by atoms with Gasteiger partial charge in [0.25, 0.3) is 0 Å². The third-order valence-corrected chi connectivity index (χ3v) is 7.39. The summed E-state index contributed by atoms with van der Waals surface area (Å²) < 4.78 is 38.1. The number of rotatable bonds is 6. The largest absolute Gasteiger partial charge is 0.497 e. The van der Waals surface area contributed by atoms with E-state index in [2.05, 4.69) is 0 Å². The molecule has 6 heteroatoms. The molecule has 3 atom stereocenters. The predicted octanol–water partition coefficient (Wildman–Crippen LogP) is 2.67. The molecule has 0 N–H and O–H groups in total. The van der Waals surface area contributed by atoms with Crippen LogP contribution in [0.3, 0.4) is 0 Å². The SMILES string of the molecule is COc1ccc(OC[C@@H]2C3CCC(C3)N2S(=O)(=O)C(C)C)cc1. The van der Waals surface area contributed by atoms with Crippen molar-refractivity contribution in [1.29, 1.82) is 0 Å². The van der Waals surface area contributed by atoms with Gasteiger partial charge in [-0.3, -0.25) is 0 Å². The van der Waals surface area contributed by atoms with Crippen LogP contribution in [-0.4, -0.2) is 43.8 Å². The van der Waals surface area contributed by atoms with E-state index in [0.717, 1.165) is 30.8 Å². The van der Waals surface area contributed by atoms with E-state index in [-0.39, 0.29) is 17.3 Å². The van der Waals surface area contributed by atoms with E-state index in [1.165, 1.54) is 0 Å². The first-order valence-corrected chi connectivity index (χ1v) is 9.73. The number of hydrogen-bond acceptors (Lipinski definition) is 4. The Morgan fingerprint density at radius 2 is 1.83 bits per heavy atom. The Morgan fingerprint density at radius 3 is 2.43 bits per heavy atom. The van der Waals surface area contributed by atoms with Gasteiger partial charge >= 0.3 is 0 Å². The summed E-state index contributed by atoms with van der Waals surface area (Å²) in [5.74, 6) is 1.95. The van der Waals surface area contributed by atoms with Gasteiger partial charge in [-0.2, -0.15) is 4.31 Å². The van der Waals surface area contributed by atoms with Crippen molar-refractivity contribution in [3.63, 3.8) is 0 Å². The zero-order valence-electron chi connectivity index (χ0n) is 13.9. The smallest absolute Gasteiger partial charge is 0.217 e. The summed E-state index contributed by atoms with van der Waals surface area (Å²) in [6.07, 6.45) is 3.06. The summed E-state index contributed by atoms with van der Waals surface area (Å²) in [5, 5.41) is -0.384. The Balaban J connectivity index is 1.72. The highest BCUT2D eigenvalue weighted by Crippen LogP contribution is 2.44. The average Bonchev–Trinajstić information content (AvgIpc) is 3.14. The lowest BCUT2D eigenvalue weighted by Gasteiger charge is -2.35. The molecule has 128 valence electrons. The van der Waals surface area contributed by atoms with E-state index in [1.54, 1.807) is 25.3 Å². The predicted molar refractivity (Wildman–Crippen MR) is 89.3 cm³/mol. The highest BCUT2D eigenvalue weighted by molar-refractivity contribution is 7.89. The maximum atomic E-state index is 12.7. The van der Waals surface area contributed by atoms with Crippen LogP contribution in [0.4, 0.5) is 0 Å². The van der Waals surface area contributed by atoms with Crippen molar-refractivity contribution < 1.29 is 17.9 Å². The molecule has 2 unspecified atom stereocenters. The van der Waals surface area contributed by atoms with Crippen LogP contribution in [0.2, 0.25) is 0 Å². The molecule has 3 rings (SSSR count). The first-order chi connectivity index (χ1) is 10.9. The van der Waals surface area contributed by atoms with Gasteiger partial charge in [-0.1, -0.05) is 0 Å². The number of benzene rings is 1. The molecule has 1 saturated carbocycles. The lowest BCUT2D eigenvalue weighted by molar-refractivity contribution is 0.161. The van der Waals surface area contributed by atoms with Crippen LogP contribution < -0.4 is 9.47 Å². The van der Waals surface area contributed by atoms with Gasteiger partial charge in [-0.15, -0.1) is 0 Å². The molecule has 1 heterocycles. The molecule has 5 nitrogen and oxygen atoms in total. The highest BCUT2D eigenvalue weighted by atomic mass is 32.2.